The molecule has 36 nitrogen and oxygen atoms in total. The molecule has 15 heterocycles. The fourth-order valence-electron chi connectivity index (χ4n) is 22.6. The van der Waals surface area contributed by atoms with Crippen LogP contribution in [0.2, 0.25) is 5.02 Å². The van der Waals surface area contributed by atoms with Gasteiger partial charge in [-0.2, -0.15) is 33.7 Å². The van der Waals surface area contributed by atoms with Crippen LogP contribution in [0.1, 0.15) is 105 Å². The summed E-state index contributed by atoms with van der Waals surface area (Å²) in [4.78, 5) is 97.9. The Bertz CT molecular complexity index is 6490. The lowest BCUT2D eigenvalue weighted by molar-refractivity contribution is -0.0498. The SMILES string of the molecule is CC[C@@H]1OCC2(CCN(c3nc(N)c(-c4ccccc4)c(=O)n3C)CC2)[C@@H]1N.C[C@@H]1OCC2(CCN(c3nc(N)c(-c4ccc(OC(F)F)cc4)c(=O)n3C)CC2)[C@@H]1N.C[C@@H]1OCC2(CCN(c3nc(N)c(-c4cccc(F)c4F)c(=O)n3C)CC2)[C@@H]1N.C[C@@H]1OCC2(CCN(c3nc(N)c(-c4ccccc4Cl)c(=O)n3C)CC2)[C@@H]1N.C[C@@H]1OCC2(CCN(c3nc(N)c(-c4ccccc4F)c(=O)n3C)CC2)[C@@H]1N. The van der Waals surface area contributed by atoms with Gasteiger partial charge in [0, 0.05) is 180 Å². The largest absolute Gasteiger partial charge is 0.435 e. The minimum absolute atomic E-state index is 0.00380. The van der Waals surface area contributed by atoms with Gasteiger partial charge < -0.3 is 110 Å². The number of anilines is 10. The van der Waals surface area contributed by atoms with Gasteiger partial charge in [0.05, 0.1) is 91.4 Å². The summed E-state index contributed by atoms with van der Waals surface area (Å²) in [6.45, 7) is 17.8. The third kappa shape index (κ3) is 20.1. The number of rotatable bonds is 13. The summed E-state index contributed by atoms with van der Waals surface area (Å²) in [6.07, 6.45) is 10.0. The molecule has 10 aliphatic heterocycles. The Kier molecular flexibility index (Phi) is 30.9. The van der Waals surface area contributed by atoms with Crippen molar-refractivity contribution in [2.75, 3.05) is 152 Å². The van der Waals surface area contributed by atoms with Crippen LogP contribution in [0.3, 0.4) is 0 Å². The Morgan fingerprint density at radius 1 is 0.354 bits per heavy atom. The van der Waals surface area contributed by atoms with Crippen molar-refractivity contribution < 1.29 is 50.4 Å². The first-order chi connectivity index (χ1) is 68.6. The van der Waals surface area contributed by atoms with Crippen molar-refractivity contribution in [2.45, 2.75) is 173 Å². The summed E-state index contributed by atoms with van der Waals surface area (Å²) in [5.41, 5.74) is 64.0. The third-order valence-corrected chi connectivity index (χ3v) is 32.4. The predicted octanol–water partition coefficient (Wildman–Crippen LogP) is 8.87. The minimum Gasteiger partial charge on any atom is -0.435 e. The molecular weight excluding hydrogens is 1880 g/mol. The highest BCUT2D eigenvalue weighted by molar-refractivity contribution is 6.33. The van der Waals surface area contributed by atoms with Gasteiger partial charge in [0.2, 0.25) is 29.7 Å². The number of piperidine rings is 5. The quantitative estimate of drug-likeness (QED) is 0.0481. The van der Waals surface area contributed by atoms with Crippen LogP contribution in [-0.2, 0) is 58.9 Å². The van der Waals surface area contributed by atoms with Gasteiger partial charge in [-0.1, -0.05) is 110 Å². The molecule has 10 aliphatic rings. The zero-order valence-corrected chi connectivity index (χ0v) is 83.8. The standard InChI is InChI=1S/C21H27F2N5O3.C21H29N5O2.C20H26ClN5O2.C20H25F2N5O2.C20H26FN5O2/c1-12-16(24)21(11-30-12)7-9-28(10-8-21)20-26-17(25)15(18(29)27(20)2)13-3-5-14(6-4-13)31-19(22)23;1-3-15-17(22)21(13-28-15)9-11-26(12-10-21)20-24-18(23)16(19(27)25(20)2)14-7-5-4-6-8-14;1-12-16(22)20(11-28-12)7-9-26(10-8-20)19-24-17(23)15(18(27)25(19)2)13-5-3-4-6-14(13)21;1-11-16(23)20(10-29-11)6-8-27(9-7-20)19-25-17(24)14(18(28)26(19)2)12-4-3-5-13(21)15(12)22;1-12-16(22)20(11-28-12)7-9-26(10-8-20)19-24-17(23)15(18(27)25(19)2)13-5-3-4-6-14(13)21/h3-6,12,16,19H,7-11,24-25H2,1-2H3;4-8,15,17H,3,9-13,22-23H2,1-2H3;3-6,12,16H,7-11,22-23H2,1-2H3;3-5,11,16H,6-10,23-24H2,1-2H3;3-6,12,16H,7-11,22-23H2,1-2H3/t12-,16+;15-,17+;12-,16+;11-,16+;12-,16+/m00000/s1. The number of nitrogens with two attached hydrogens (primary N) is 10. The molecular formula is C102H133ClF5N25O11. The molecule has 0 saturated carbocycles. The first-order valence-electron chi connectivity index (χ1n) is 49.1. The second-order valence-electron chi connectivity index (χ2n) is 40.2. The van der Waals surface area contributed by atoms with E-state index in [9.17, 15) is 45.9 Å². The molecule has 20 N–H and O–H groups in total. The van der Waals surface area contributed by atoms with E-state index in [0.717, 1.165) is 115 Å². The Morgan fingerprint density at radius 2 is 0.625 bits per heavy atom. The summed E-state index contributed by atoms with van der Waals surface area (Å²) in [6, 6.07) is 32.2. The van der Waals surface area contributed by atoms with Crippen molar-refractivity contribution in [2.24, 2.45) is 91.0 Å². The second-order valence-corrected chi connectivity index (χ2v) is 40.6. The number of alkyl halides is 2. The van der Waals surface area contributed by atoms with E-state index in [0.29, 0.717) is 123 Å². The monoisotopic (exact) mass is 2010 g/mol. The molecule has 5 aromatic heterocycles. The zero-order valence-electron chi connectivity index (χ0n) is 83.0. The van der Waals surface area contributed by atoms with E-state index >= 15 is 0 Å². The maximum atomic E-state index is 14.2. The molecule has 10 fully saturated rings. The van der Waals surface area contributed by atoms with Crippen LogP contribution in [0, 0.1) is 44.5 Å². The van der Waals surface area contributed by atoms with Crippen LogP contribution < -0.4 is 114 Å². The van der Waals surface area contributed by atoms with Crippen molar-refractivity contribution in [3.63, 3.8) is 0 Å². The molecule has 0 amide bonds. The molecule has 20 rings (SSSR count). The Labute approximate surface area is 836 Å². The Hall–Kier alpha value is -12.2. The summed E-state index contributed by atoms with van der Waals surface area (Å²) in [5.74, 6) is 0.433. The third-order valence-electron chi connectivity index (χ3n) is 32.1. The van der Waals surface area contributed by atoms with E-state index in [1.54, 1.807) is 68.6 Å². The fourth-order valence-corrected chi connectivity index (χ4v) is 22.8. The maximum Gasteiger partial charge on any atom is 0.387 e. The van der Waals surface area contributed by atoms with Crippen LogP contribution in [0.15, 0.2) is 145 Å². The van der Waals surface area contributed by atoms with Crippen LogP contribution in [-0.4, -0.2) is 214 Å². The zero-order chi connectivity index (χ0) is 103. The fraction of sp³-hybridized carbons (Fsp3) is 0.510. The molecule has 10 saturated heterocycles. The summed E-state index contributed by atoms with van der Waals surface area (Å²) < 4.78 is 108. The molecule has 0 radical (unpaired) electrons. The smallest absolute Gasteiger partial charge is 0.387 e. The number of aromatic nitrogens is 10. The number of hydrogen-bond donors (Lipinski definition) is 10. The molecule has 5 spiro atoms. The molecule has 10 atom stereocenters. The lowest BCUT2D eigenvalue weighted by Gasteiger charge is -2.42. The van der Waals surface area contributed by atoms with Gasteiger partial charge in [-0.15, -0.1) is 0 Å². The van der Waals surface area contributed by atoms with Crippen LogP contribution >= 0.6 is 11.6 Å². The normalized spacial score (nSPS) is 23.8. The topological polar surface area (TPSA) is 506 Å². The maximum absolute atomic E-state index is 14.2. The lowest BCUT2D eigenvalue weighted by atomic mass is 9.73. The average molecular weight is 2020 g/mol. The van der Waals surface area contributed by atoms with Gasteiger partial charge in [0.1, 0.15) is 40.7 Å². The lowest BCUT2D eigenvalue weighted by Crippen LogP contribution is -2.51. The highest BCUT2D eigenvalue weighted by Gasteiger charge is 2.54. The van der Waals surface area contributed by atoms with Gasteiger partial charge in [0.15, 0.2) is 11.6 Å². The molecule has 144 heavy (non-hydrogen) atoms. The summed E-state index contributed by atoms with van der Waals surface area (Å²) in [5, 5.41) is 0.477. The molecule has 0 aliphatic carbocycles. The van der Waals surface area contributed by atoms with E-state index in [-0.39, 0.29) is 173 Å². The van der Waals surface area contributed by atoms with Crippen LogP contribution in [0.5, 0.6) is 5.75 Å². The highest BCUT2D eigenvalue weighted by atomic mass is 35.5. The first-order valence-corrected chi connectivity index (χ1v) is 49.5. The van der Waals surface area contributed by atoms with Crippen molar-refractivity contribution in [3.05, 3.63) is 196 Å². The molecule has 10 aromatic rings. The predicted molar refractivity (Wildman–Crippen MR) is 549 cm³/mol. The highest BCUT2D eigenvalue weighted by Crippen LogP contribution is 2.49. The number of halogens is 6. The van der Waals surface area contributed by atoms with E-state index in [4.69, 9.17) is 92.6 Å². The van der Waals surface area contributed by atoms with Gasteiger partial charge in [-0.25, -0.2) is 13.2 Å². The second kappa shape index (κ2) is 42.5. The Balaban J connectivity index is 0.000000129. The molecule has 0 bridgehead atoms. The van der Waals surface area contributed by atoms with Crippen LogP contribution in [0.4, 0.5) is 80.8 Å². The molecule has 5 aromatic carbocycles. The van der Waals surface area contributed by atoms with E-state index in [1.165, 1.54) is 62.2 Å². The summed E-state index contributed by atoms with van der Waals surface area (Å²) in [7, 11) is 8.34. The van der Waals surface area contributed by atoms with E-state index < -0.39 is 29.6 Å². The molecule has 0 unspecified atom stereocenters. The number of hydrogen-bond acceptors (Lipinski definition) is 31. The van der Waals surface area contributed by atoms with Crippen molar-refractivity contribution in [3.8, 4) is 61.4 Å². The number of nitrogen functional groups attached to an aromatic ring is 5. The number of nitrogens with zero attached hydrogens (tertiary/aromatic N) is 15. The van der Waals surface area contributed by atoms with Gasteiger partial charge in [-0.05, 0) is 140 Å². The minimum atomic E-state index is -2.91. The summed E-state index contributed by atoms with van der Waals surface area (Å²) >= 11 is 6.27. The van der Waals surface area contributed by atoms with Crippen molar-refractivity contribution in [1.82, 2.24) is 47.8 Å². The first kappa shape index (κ1) is 105. The molecule has 774 valence electrons. The number of benzene rings is 5. The average Bonchev–Trinajstić information content (AvgIpc) is 1.26. The van der Waals surface area contributed by atoms with Crippen LogP contribution in [0.25, 0.3) is 55.6 Å². The molecule has 42 heteroatoms. The van der Waals surface area contributed by atoms with Gasteiger partial charge >= 0.3 is 6.61 Å². The van der Waals surface area contributed by atoms with E-state index in [2.05, 4.69) is 46.4 Å². The Morgan fingerprint density at radius 3 is 0.938 bits per heavy atom. The van der Waals surface area contributed by atoms with Gasteiger partial charge in [-0.3, -0.25) is 46.8 Å². The van der Waals surface area contributed by atoms with Crippen molar-refractivity contribution in [1.29, 1.82) is 0 Å². The van der Waals surface area contributed by atoms with Gasteiger partial charge in [0.25, 0.3) is 27.8 Å². The number of ether oxygens (including phenoxy) is 6. The van der Waals surface area contributed by atoms with Crippen molar-refractivity contribution >= 4 is 70.4 Å². The van der Waals surface area contributed by atoms with E-state index in [1.807, 2.05) is 84.9 Å².